The second kappa shape index (κ2) is 6.48. The number of hydrogen-bond donors (Lipinski definition) is 2. The van der Waals surface area contributed by atoms with Crippen molar-refractivity contribution in [2.75, 3.05) is 0 Å². The van der Waals surface area contributed by atoms with E-state index in [4.69, 9.17) is 4.52 Å². The van der Waals surface area contributed by atoms with Crippen molar-refractivity contribution in [3.63, 3.8) is 0 Å². The molecule has 3 aromatic rings. The second-order valence-electron chi connectivity index (χ2n) is 6.07. The molecular formula is C17H17N5O3. The zero-order valence-corrected chi connectivity index (χ0v) is 13.4. The maximum Gasteiger partial charge on any atom is 0.273 e. The number of aliphatic hydroxyl groups is 1. The maximum absolute atomic E-state index is 12.3. The molecule has 2 heterocycles. The van der Waals surface area contributed by atoms with Crippen LogP contribution in [0.15, 0.2) is 47.1 Å². The molecule has 1 amide bonds. The van der Waals surface area contributed by atoms with E-state index in [0.717, 1.165) is 18.4 Å². The van der Waals surface area contributed by atoms with Gasteiger partial charge >= 0.3 is 0 Å². The molecule has 2 aromatic heterocycles. The summed E-state index contributed by atoms with van der Waals surface area (Å²) < 4.78 is 6.97. The second-order valence-corrected chi connectivity index (χ2v) is 6.07. The monoisotopic (exact) mass is 339 g/mol. The van der Waals surface area contributed by atoms with Crippen molar-refractivity contribution in [2.45, 2.75) is 31.5 Å². The molecule has 0 atom stereocenters. The predicted molar refractivity (Wildman–Crippen MR) is 87.4 cm³/mol. The Balaban J connectivity index is 1.35. The molecule has 0 bridgehead atoms. The highest BCUT2D eigenvalue weighted by Gasteiger charge is 2.34. The molecule has 1 aromatic carbocycles. The summed E-state index contributed by atoms with van der Waals surface area (Å²) in [5, 5.41) is 23.8. The fourth-order valence-corrected chi connectivity index (χ4v) is 2.97. The average Bonchev–Trinajstić information content (AvgIpc) is 3.27. The molecule has 25 heavy (non-hydrogen) atoms. The van der Waals surface area contributed by atoms with Crippen molar-refractivity contribution in [3.8, 4) is 11.3 Å². The molecule has 4 rings (SSSR count). The summed E-state index contributed by atoms with van der Waals surface area (Å²) >= 11 is 0. The summed E-state index contributed by atoms with van der Waals surface area (Å²) in [6, 6.07) is 11.3. The zero-order valence-electron chi connectivity index (χ0n) is 13.4. The van der Waals surface area contributed by atoms with E-state index in [-0.39, 0.29) is 30.3 Å². The third-order valence-corrected chi connectivity index (χ3v) is 4.41. The number of amides is 1. The van der Waals surface area contributed by atoms with E-state index in [9.17, 15) is 9.90 Å². The van der Waals surface area contributed by atoms with Crippen LogP contribution in [0, 0.1) is 0 Å². The number of benzene rings is 1. The van der Waals surface area contributed by atoms with Crippen LogP contribution >= 0.6 is 0 Å². The van der Waals surface area contributed by atoms with E-state index in [2.05, 4.69) is 20.8 Å². The van der Waals surface area contributed by atoms with Gasteiger partial charge in [0.2, 0.25) is 0 Å². The predicted octanol–water partition coefficient (Wildman–Crippen LogP) is 1.56. The van der Waals surface area contributed by atoms with Gasteiger partial charge in [0.1, 0.15) is 0 Å². The number of aromatic nitrogens is 4. The normalized spacial score (nSPS) is 19.4. The van der Waals surface area contributed by atoms with E-state index >= 15 is 0 Å². The Kier molecular flexibility index (Phi) is 4.02. The van der Waals surface area contributed by atoms with Gasteiger partial charge in [0.05, 0.1) is 24.5 Å². The van der Waals surface area contributed by atoms with Gasteiger partial charge < -0.3 is 14.9 Å². The minimum absolute atomic E-state index is 0.0464. The van der Waals surface area contributed by atoms with Crippen LogP contribution in [0.3, 0.4) is 0 Å². The fraction of sp³-hybridized carbons (Fsp3) is 0.294. The molecule has 1 saturated carbocycles. The maximum atomic E-state index is 12.3. The highest BCUT2D eigenvalue weighted by Crippen LogP contribution is 2.32. The van der Waals surface area contributed by atoms with Crippen LogP contribution in [-0.2, 0) is 6.61 Å². The lowest BCUT2D eigenvalue weighted by Gasteiger charge is -2.35. The number of nitrogens with one attached hydrogen (secondary N) is 1. The van der Waals surface area contributed by atoms with Crippen LogP contribution in [-0.4, -0.2) is 37.2 Å². The van der Waals surface area contributed by atoms with Gasteiger partial charge in [-0.1, -0.05) is 40.7 Å². The zero-order chi connectivity index (χ0) is 17.2. The minimum atomic E-state index is -0.254. The lowest BCUT2D eigenvalue weighted by Crippen LogP contribution is -2.45. The van der Waals surface area contributed by atoms with Crippen LogP contribution in [0.2, 0.25) is 0 Å². The first-order chi connectivity index (χ1) is 12.2. The van der Waals surface area contributed by atoms with E-state index in [0.29, 0.717) is 11.5 Å². The van der Waals surface area contributed by atoms with Crippen molar-refractivity contribution in [3.05, 3.63) is 54.0 Å². The van der Waals surface area contributed by atoms with Crippen LogP contribution < -0.4 is 5.32 Å². The number of aliphatic hydroxyl groups excluding tert-OH is 1. The van der Waals surface area contributed by atoms with Gasteiger partial charge in [0.15, 0.2) is 11.5 Å². The summed E-state index contributed by atoms with van der Waals surface area (Å²) in [4.78, 5) is 12.3. The third-order valence-electron chi connectivity index (χ3n) is 4.41. The van der Waals surface area contributed by atoms with E-state index < -0.39 is 0 Å². The smallest absolute Gasteiger partial charge is 0.273 e. The van der Waals surface area contributed by atoms with Gasteiger partial charge in [0.25, 0.3) is 5.91 Å². The Morgan fingerprint density at radius 1 is 1.32 bits per heavy atom. The van der Waals surface area contributed by atoms with Crippen LogP contribution in [0.4, 0.5) is 0 Å². The minimum Gasteiger partial charge on any atom is -0.390 e. The molecule has 1 fully saturated rings. The fourth-order valence-electron chi connectivity index (χ4n) is 2.97. The Hall–Kier alpha value is -3.00. The first kappa shape index (κ1) is 15.5. The average molecular weight is 339 g/mol. The van der Waals surface area contributed by atoms with E-state index in [1.165, 1.54) is 0 Å². The number of nitrogens with zero attached hydrogens (tertiary/aromatic N) is 4. The SMILES string of the molecule is O=C(N[C@H]1C[C@H](n2nncc2CO)C1)c1cc(-c2ccccc2)on1. The van der Waals surface area contributed by atoms with Gasteiger partial charge in [-0.3, -0.25) is 4.79 Å². The van der Waals surface area contributed by atoms with Crippen LogP contribution in [0.1, 0.15) is 35.1 Å². The van der Waals surface area contributed by atoms with Gasteiger partial charge in [0, 0.05) is 17.7 Å². The van der Waals surface area contributed by atoms with Crippen molar-refractivity contribution in [1.29, 1.82) is 0 Å². The molecule has 1 aliphatic rings. The van der Waals surface area contributed by atoms with E-state index in [1.54, 1.807) is 16.9 Å². The largest absolute Gasteiger partial charge is 0.390 e. The standard InChI is InChI=1S/C17H17N5O3/c23-10-14-9-18-21-22(14)13-6-12(7-13)19-17(24)15-8-16(25-20-15)11-4-2-1-3-5-11/h1-5,8-9,12-13,23H,6-7,10H2,(H,19,24)/t12-,13-. The van der Waals surface area contributed by atoms with Gasteiger partial charge in [-0.2, -0.15) is 0 Å². The Labute approximate surface area is 143 Å². The van der Waals surface area contributed by atoms with Gasteiger partial charge in [-0.05, 0) is 12.8 Å². The summed E-state index contributed by atoms with van der Waals surface area (Å²) in [7, 11) is 0. The topological polar surface area (TPSA) is 106 Å². The quantitative estimate of drug-likeness (QED) is 0.731. The number of rotatable bonds is 5. The highest BCUT2D eigenvalue weighted by molar-refractivity contribution is 5.93. The third kappa shape index (κ3) is 3.03. The Bertz CT molecular complexity index is 867. The molecule has 2 N–H and O–H groups in total. The molecular weight excluding hydrogens is 322 g/mol. The molecule has 8 heteroatoms. The van der Waals surface area contributed by atoms with Crippen LogP contribution in [0.25, 0.3) is 11.3 Å². The number of hydrogen-bond acceptors (Lipinski definition) is 6. The van der Waals surface area contributed by atoms with E-state index in [1.807, 2.05) is 30.3 Å². The molecule has 8 nitrogen and oxygen atoms in total. The summed E-state index contributed by atoms with van der Waals surface area (Å²) in [5.74, 6) is 0.308. The highest BCUT2D eigenvalue weighted by atomic mass is 16.5. The molecule has 0 saturated heterocycles. The molecule has 128 valence electrons. The van der Waals surface area contributed by atoms with Gasteiger partial charge in [-0.25, -0.2) is 4.68 Å². The van der Waals surface area contributed by atoms with Crippen molar-refractivity contribution in [2.24, 2.45) is 0 Å². The van der Waals surface area contributed by atoms with Gasteiger partial charge in [-0.15, -0.1) is 5.10 Å². The van der Waals surface area contributed by atoms with Crippen molar-refractivity contribution in [1.82, 2.24) is 25.5 Å². The summed E-state index contributed by atoms with van der Waals surface area (Å²) in [6.45, 7) is -0.0955. The summed E-state index contributed by atoms with van der Waals surface area (Å²) in [5.41, 5.74) is 1.82. The first-order valence-corrected chi connectivity index (χ1v) is 8.07. The molecule has 1 aliphatic carbocycles. The lowest BCUT2D eigenvalue weighted by molar-refractivity contribution is 0.0875. The molecule has 0 radical (unpaired) electrons. The first-order valence-electron chi connectivity index (χ1n) is 8.07. The van der Waals surface area contributed by atoms with Crippen LogP contribution in [0.5, 0.6) is 0 Å². The number of carbonyl (C=O) groups excluding carboxylic acids is 1. The molecule has 0 unspecified atom stereocenters. The Morgan fingerprint density at radius 2 is 2.12 bits per heavy atom. The number of carbonyl (C=O) groups is 1. The lowest BCUT2D eigenvalue weighted by atomic mass is 9.86. The summed E-state index contributed by atoms with van der Waals surface area (Å²) in [6.07, 6.45) is 3.03. The Morgan fingerprint density at radius 3 is 2.88 bits per heavy atom. The molecule has 0 spiro atoms. The molecule has 0 aliphatic heterocycles. The van der Waals surface area contributed by atoms with Crippen molar-refractivity contribution >= 4 is 5.91 Å². The van der Waals surface area contributed by atoms with Crippen molar-refractivity contribution < 1.29 is 14.4 Å².